The van der Waals surface area contributed by atoms with Gasteiger partial charge in [0.2, 0.25) is 5.91 Å². The Hall–Kier alpha value is -1.47. The average Bonchev–Trinajstić information content (AvgIpc) is 3.19. The molecule has 1 unspecified atom stereocenters. The van der Waals surface area contributed by atoms with Crippen molar-refractivity contribution in [2.75, 3.05) is 19.6 Å². The number of likely N-dealkylation sites (tertiary alicyclic amines) is 2. The van der Waals surface area contributed by atoms with E-state index in [4.69, 9.17) is 0 Å². The summed E-state index contributed by atoms with van der Waals surface area (Å²) >= 11 is 1.57. The summed E-state index contributed by atoms with van der Waals surface area (Å²) < 4.78 is 0. The van der Waals surface area contributed by atoms with Crippen LogP contribution in [0.25, 0.3) is 0 Å². The van der Waals surface area contributed by atoms with Gasteiger partial charge in [-0.15, -0.1) is 11.3 Å². The van der Waals surface area contributed by atoms with Gasteiger partial charge in [-0.1, -0.05) is 0 Å². The van der Waals surface area contributed by atoms with Crippen LogP contribution >= 0.6 is 11.3 Å². The van der Waals surface area contributed by atoms with E-state index in [9.17, 15) is 14.7 Å². The number of nitrogens with zero attached hydrogens (tertiary/aromatic N) is 3. The zero-order valence-electron chi connectivity index (χ0n) is 13.7. The molecular formula is C17H23N3O3S. The van der Waals surface area contributed by atoms with Crippen LogP contribution in [0.2, 0.25) is 0 Å². The number of carbonyl (C=O) groups is 2. The van der Waals surface area contributed by atoms with Gasteiger partial charge in [0, 0.05) is 37.1 Å². The van der Waals surface area contributed by atoms with E-state index in [0.29, 0.717) is 18.9 Å². The van der Waals surface area contributed by atoms with E-state index in [1.165, 1.54) is 0 Å². The fourth-order valence-electron chi connectivity index (χ4n) is 4.21. The normalized spacial score (nSPS) is 26.8. The monoisotopic (exact) mass is 349 g/mol. The van der Waals surface area contributed by atoms with Crippen molar-refractivity contribution in [3.05, 3.63) is 16.6 Å². The van der Waals surface area contributed by atoms with Crippen LogP contribution in [0.15, 0.2) is 11.6 Å². The van der Waals surface area contributed by atoms with E-state index in [0.717, 1.165) is 50.3 Å². The van der Waals surface area contributed by atoms with Gasteiger partial charge in [0.15, 0.2) is 0 Å². The Balaban J connectivity index is 1.42. The summed E-state index contributed by atoms with van der Waals surface area (Å²) in [6.07, 6.45) is 6.39. The maximum atomic E-state index is 12.2. The standard InChI is InChI=1S/C17H23N3O3S/c21-15(12-1-2-12)19-6-3-17(4-7-19)9-13(16(22)23)20(11-17)10-14-18-5-8-24-14/h5,8,12-13H,1-4,6-7,9-11H2,(H,22,23). The second kappa shape index (κ2) is 6.11. The molecule has 3 aliphatic rings. The molecule has 1 aliphatic carbocycles. The highest BCUT2D eigenvalue weighted by molar-refractivity contribution is 7.09. The predicted molar refractivity (Wildman–Crippen MR) is 89.5 cm³/mol. The lowest BCUT2D eigenvalue weighted by molar-refractivity contribution is -0.142. The van der Waals surface area contributed by atoms with E-state index in [2.05, 4.69) is 9.88 Å². The minimum absolute atomic E-state index is 0.0423. The Morgan fingerprint density at radius 2 is 2.08 bits per heavy atom. The first-order valence-electron chi connectivity index (χ1n) is 8.70. The zero-order valence-corrected chi connectivity index (χ0v) is 14.5. The molecule has 7 heteroatoms. The van der Waals surface area contributed by atoms with Gasteiger partial charge in [-0.3, -0.25) is 14.5 Å². The number of aliphatic carboxylic acids is 1. The van der Waals surface area contributed by atoms with Crippen LogP contribution in [-0.2, 0) is 16.1 Å². The Labute approximate surface area is 145 Å². The molecule has 2 aliphatic heterocycles. The summed E-state index contributed by atoms with van der Waals surface area (Å²) in [5.74, 6) is -0.145. The predicted octanol–water partition coefficient (Wildman–Crippen LogP) is 1.82. The van der Waals surface area contributed by atoms with Crippen LogP contribution in [0.3, 0.4) is 0 Å². The molecule has 4 rings (SSSR count). The van der Waals surface area contributed by atoms with Crippen molar-refractivity contribution in [1.29, 1.82) is 0 Å². The molecule has 1 spiro atoms. The van der Waals surface area contributed by atoms with Crippen LogP contribution in [0.4, 0.5) is 0 Å². The van der Waals surface area contributed by atoms with Crippen molar-refractivity contribution in [2.24, 2.45) is 11.3 Å². The van der Waals surface area contributed by atoms with E-state index >= 15 is 0 Å². The molecule has 1 aromatic rings. The summed E-state index contributed by atoms with van der Waals surface area (Å²) in [6.45, 7) is 2.98. The maximum absolute atomic E-state index is 12.2. The van der Waals surface area contributed by atoms with Gasteiger partial charge in [0.25, 0.3) is 0 Å². The lowest BCUT2D eigenvalue weighted by Crippen LogP contribution is -2.44. The summed E-state index contributed by atoms with van der Waals surface area (Å²) in [5, 5.41) is 12.5. The molecule has 0 aromatic carbocycles. The highest BCUT2D eigenvalue weighted by Gasteiger charge is 2.49. The number of hydrogen-bond donors (Lipinski definition) is 1. The van der Waals surface area contributed by atoms with E-state index in [1.54, 1.807) is 17.5 Å². The highest BCUT2D eigenvalue weighted by Crippen LogP contribution is 2.45. The fourth-order valence-corrected chi connectivity index (χ4v) is 4.85. The lowest BCUT2D eigenvalue weighted by Gasteiger charge is -2.39. The average molecular weight is 349 g/mol. The Bertz CT molecular complexity index is 621. The lowest BCUT2D eigenvalue weighted by atomic mass is 9.76. The molecular weight excluding hydrogens is 326 g/mol. The van der Waals surface area contributed by atoms with Gasteiger partial charge in [0.05, 0.1) is 6.54 Å². The number of amides is 1. The van der Waals surface area contributed by atoms with Crippen LogP contribution < -0.4 is 0 Å². The van der Waals surface area contributed by atoms with E-state index in [-0.39, 0.29) is 11.3 Å². The number of carboxylic acids is 1. The Morgan fingerprint density at radius 3 is 2.67 bits per heavy atom. The fraction of sp³-hybridized carbons (Fsp3) is 0.706. The van der Waals surface area contributed by atoms with Crippen molar-refractivity contribution in [1.82, 2.24) is 14.8 Å². The number of thiazole rings is 1. The van der Waals surface area contributed by atoms with Crippen LogP contribution in [0.5, 0.6) is 0 Å². The zero-order chi connectivity index (χ0) is 16.7. The van der Waals surface area contributed by atoms with Crippen molar-refractivity contribution >= 4 is 23.2 Å². The molecule has 3 fully saturated rings. The molecule has 3 heterocycles. The largest absolute Gasteiger partial charge is 0.480 e. The molecule has 1 atom stereocenters. The molecule has 6 nitrogen and oxygen atoms in total. The first kappa shape index (κ1) is 16.0. The molecule has 0 bridgehead atoms. The van der Waals surface area contributed by atoms with Crippen molar-refractivity contribution in [3.8, 4) is 0 Å². The number of carboxylic acid groups (broad SMARTS) is 1. The van der Waals surface area contributed by atoms with E-state index < -0.39 is 12.0 Å². The van der Waals surface area contributed by atoms with Crippen LogP contribution in [0, 0.1) is 11.3 Å². The van der Waals surface area contributed by atoms with Gasteiger partial charge in [0.1, 0.15) is 11.0 Å². The summed E-state index contributed by atoms with van der Waals surface area (Å²) in [7, 11) is 0. The molecule has 1 amide bonds. The molecule has 130 valence electrons. The smallest absolute Gasteiger partial charge is 0.320 e. The molecule has 1 saturated carbocycles. The topological polar surface area (TPSA) is 73.7 Å². The van der Waals surface area contributed by atoms with Gasteiger partial charge in [-0.2, -0.15) is 0 Å². The summed E-state index contributed by atoms with van der Waals surface area (Å²) in [6, 6.07) is -0.431. The Kier molecular flexibility index (Phi) is 4.08. The van der Waals surface area contributed by atoms with Gasteiger partial charge in [-0.25, -0.2) is 4.98 Å². The second-order valence-electron chi connectivity index (χ2n) is 7.49. The van der Waals surface area contributed by atoms with Crippen molar-refractivity contribution in [2.45, 2.75) is 44.7 Å². The second-order valence-corrected chi connectivity index (χ2v) is 8.47. The van der Waals surface area contributed by atoms with Gasteiger partial charge in [-0.05, 0) is 37.5 Å². The first-order valence-corrected chi connectivity index (χ1v) is 9.58. The molecule has 24 heavy (non-hydrogen) atoms. The maximum Gasteiger partial charge on any atom is 0.320 e. The summed E-state index contributed by atoms with van der Waals surface area (Å²) in [5.41, 5.74) is 0.0423. The van der Waals surface area contributed by atoms with Crippen molar-refractivity contribution < 1.29 is 14.7 Å². The SMILES string of the molecule is O=C(O)C1CC2(CCN(C(=O)C3CC3)CC2)CN1Cc1nccs1. The number of hydrogen-bond acceptors (Lipinski definition) is 5. The summed E-state index contributed by atoms with van der Waals surface area (Å²) in [4.78, 5) is 32.3. The Morgan fingerprint density at radius 1 is 1.33 bits per heavy atom. The third-order valence-electron chi connectivity index (χ3n) is 5.77. The molecule has 2 saturated heterocycles. The number of piperidine rings is 1. The van der Waals surface area contributed by atoms with Gasteiger partial charge < -0.3 is 10.0 Å². The van der Waals surface area contributed by atoms with Crippen LogP contribution in [-0.4, -0.2) is 57.4 Å². The molecule has 1 N–H and O–H groups in total. The van der Waals surface area contributed by atoms with E-state index in [1.807, 2.05) is 10.3 Å². The third kappa shape index (κ3) is 3.07. The third-order valence-corrected chi connectivity index (χ3v) is 6.54. The first-order chi connectivity index (χ1) is 11.6. The van der Waals surface area contributed by atoms with Gasteiger partial charge >= 0.3 is 5.97 Å². The highest BCUT2D eigenvalue weighted by atomic mass is 32.1. The number of rotatable bonds is 4. The number of aromatic nitrogens is 1. The molecule has 0 radical (unpaired) electrons. The molecule has 1 aromatic heterocycles. The quantitative estimate of drug-likeness (QED) is 0.898. The van der Waals surface area contributed by atoms with Crippen LogP contribution in [0.1, 0.15) is 37.1 Å². The van der Waals surface area contributed by atoms with Crippen molar-refractivity contribution in [3.63, 3.8) is 0 Å². The minimum Gasteiger partial charge on any atom is -0.480 e. The number of carbonyl (C=O) groups excluding carboxylic acids is 1. The minimum atomic E-state index is -0.736.